The van der Waals surface area contributed by atoms with Gasteiger partial charge in [-0.1, -0.05) is 76.9 Å². The molecule has 1 aliphatic carbocycles. The second-order valence-corrected chi connectivity index (χ2v) is 11.3. The lowest BCUT2D eigenvalue weighted by Gasteiger charge is -2.37. The van der Waals surface area contributed by atoms with Gasteiger partial charge in [-0.25, -0.2) is 0 Å². The maximum absolute atomic E-state index is 13.7. The highest BCUT2D eigenvalue weighted by Gasteiger charge is 2.43. The van der Waals surface area contributed by atoms with Crippen LogP contribution in [0.5, 0.6) is 0 Å². The Morgan fingerprint density at radius 1 is 1.05 bits per heavy atom. The van der Waals surface area contributed by atoms with Crippen molar-refractivity contribution in [3.63, 3.8) is 0 Å². The van der Waals surface area contributed by atoms with Crippen LogP contribution in [0.15, 0.2) is 40.0 Å². The average Bonchev–Trinajstić information content (AvgIpc) is 3.40. The second-order valence-electron chi connectivity index (χ2n) is 10.2. The number of Topliss-reactive ketones (excluding diaryl/α,β-unsaturated/α-hetero) is 1. The highest BCUT2D eigenvalue weighted by molar-refractivity contribution is 7.99. The van der Waals surface area contributed by atoms with E-state index in [4.69, 9.17) is 4.42 Å². The van der Waals surface area contributed by atoms with E-state index in [-0.39, 0.29) is 23.6 Å². The van der Waals surface area contributed by atoms with Gasteiger partial charge in [-0.05, 0) is 50.4 Å². The highest BCUT2D eigenvalue weighted by Crippen LogP contribution is 2.30. The molecular formula is C28H41N5O4S. The summed E-state index contributed by atoms with van der Waals surface area (Å²) in [7, 11) is 0. The standard InChI is InChI=1S/C28H41N5O4S/c1-5-33(6-2)17-18-38-27-32-31-25(37-27)23(34)22(19-20(3)4)29-26(36)28(15-11-8-12-16-28)30-24(35)21-13-9-7-10-14-21/h7,9-10,13-14,20,22H,5-6,8,11-12,15-19H2,1-4H3,(H,29,36)(H,30,35). The normalized spacial score (nSPS) is 15.8. The fourth-order valence-electron chi connectivity index (χ4n) is 4.76. The van der Waals surface area contributed by atoms with Gasteiger partial charge in [0.1, 0.15) is 5.54 Å². The number of hydrogen-bond acceptors (Lipinski definition) is 8. The van der Waals surface area contributed by atoms with E-state index in [0.29, 0.717) is 30.0 Å². The predicted octanol–water partition coefficient (Wildman–Crippen LogP) is 4.35. The van der Waals surface area contributed by atoms with Crippen molar-refractivity contribution in [2.75, 3.05) is 25.4 Å². The highest BCUT2D eigenvalue weighted by atomic mass is 32.2. The van der Waals surface area contributed by atoms with Gasteiger partial charge in [0.25, 0.3) is 17.0 Å². The maximum Gasteiger partial charge on any atom is 0.286 e. The summed E-state index contributed by atoms with van der Waals surface area (Å²) >= 11 is 1.42. The number of benzene rings is 1. The SMILES string of the molecule is CCN(CC)CCSc1nnc(C(=O)C(CC(C)C)NC(=O)C2(NC(=O)c3ccccc3)CCCCC2)o1. The van der Waals surface area contributed by atoms with Crippen LogP contribution in [0, 0.1) is 5.92 Å². The van der Waals surface area contributed by atoms with E-state index < -0.39 is 17.4 Å². The molecule has 1 heterocycles. The van der Waals surface area contributed by atoms with Crippen molar-refractivity contribution in [2.45, 2.75) is 83.0 Å². The van der Waals surface area contributed by atoms with Crippen LogP contribution in [0.1, 0.15) is 87.3 Å². The van der Waals surface area contributed by atoms with Gasteiger partial charge in [0.2, 0.25) is 11.7 Å². The Labute approximate surface area is 229 Å². The topological polar surface area (TPSA) is 117 Å². The predicted molar refractivity (Wildman–Crippen MR) is 148 cm³/mol. The summed E-state index contributed by atoms with van der Waals surface area (Å²) in [6.07, 6.45) is 4.11. The average molecular weight is 544 g/mol. The number of carbonyl (C=O) groups is 3. The van der Waals surface area contributed by atoms with E-state index in [2.05, 4.69) is 39.6 Å². The monoisotopic (exact) mass is 543 g/mol. The van der Waals surface area contributed by atoms with Crippen molar-refractivity contribution in [3.05, 3.63) is 41.8 Å². The Morgan fingerprint density at radius 2 is 1.74 bits per heavy atom. The van der Waals surface area contributed by atoms with Crippen molar-refractivity contribution in [2.24, 2.45) is 5.92 Å². The first-order valence-electron chi connectivity index (χ1n) is 13.7. The summed E-state index contributed by atoms with van der Waals surface area (Å²) in [4.78, 5) is 42.5. The smallest absolute Gasteiger partial charge is 0.286 e. The van der Waals surface area contributed by atoms with Gasteiger partial charge >= 0.3 is 0 Å². The number of hydrogen-bond donors (Lipinski definition) is 2. The van der Waals surface area contributed by atoms with E-state index in [1.807, 2.05) is 19.9 Å². The van der Waals surface area contributed by atoms with E-state index in [0.717, 1.165) is 44.6 Å². The van der Waals surface area contributed by atoms with Crippen molar-refractivity contribution < 1.29 is 18.8 Å². The van der Waals surface area contributed by atoms with E-state index in [1.165, 1.54) is 11.8 Å². The van der Waals surface area contributed by atoms with Crippen molar-refractivity contribution in [3.8, 4) is 0 Å². The molecular weight excluding hydrogens is 502 g/mol. The van der Waals surface area contributed by atoms with Crippen LogP contribution in [-0.2, 0) is 4.79 Å². The summed E-state index contributed by atoms with van der Waals surface area (Å²) in [5.41, 5.74) is -0.571. The fourth-order valence-corrected chi connectivity index (χ4v) is 5.52. The van der Waals surface area contributed by atoms with Gasteiger partial charge in [0, 0.05) is 17.9 Å². The van der Waals surface area contributed by atoms with Crippen LogP contribution in [0.4, 0.5) is 0 Å². The fraction of sp³-hybridized carbons (Fsp3) is 0.607. The summed E-state index contributed by atoms with van der Waals surface area (Å²) in [6, 6.07) is 8.04. The Bertz CT molecular complexity index is 1050. The Morgan fingerprint density at radius 3 is 2.37 bits per heavy atom. The molecule has 0 saturated heterocycles. The van der Waals surface area contributed by atoms with Crippen LogP contribution in [0.2, 0.25) is 0 Å². The van der Waals surface area contributed by atoms with E-state index >= 15 is 0 Å². The maximum atomic E-state index is 13.7. The summed E-state index contributed by atoms with van der Waals surface area (Å²) in [5.74, 6) is -0.238. The zero-order chi connectivity index (χ0) is 27.5. The summed E-state index contributed by atoms with van der Waals surface area (Å²) < 4.78 is 5.68. The first kappa shape index (κ1) is 29.8. The van der Waals surface area contributed by atoms with Crippen LogP contribution in [-0.4, -0.2) is 69.7 Å². The largest absolute Gasteiger partial charge is 0.408 e. The molecule has 0 bridgehead atoms. The van der Waals surface area contributed by atoms with Crippen LogP contribution < -0.4 is 10.6 Å². The Kier molecular flexibility index (Phi) is 11.3. The number of rotatable bonds is 14. The molecule has 1 atom stereocenters. The molecule has 208 valence electrons. The molecule has 1 fully saturated rings. The molecule has 0 aliphatic heterocycles. The van der Waals surface area contributed by atoms with Crippen molar-refractivity contribution in [1.82, 2.24) is 25.7 Å². The first-order chi connectivity index (χ1) is 18.3. The van der Waals surface area contributed by atoms with Crippen molar-refractivity contribution in [1.29, 1.82) is 0 Å². The molecule has 2 N–H and O–H groups in total. The number of carbonyl (C=O) groups excluding carboxylic acids is 3. The third-order valence-electron chi connectivity index (χ3n) is 7.00. The first-order valence-corrected chi connectivity index (χ1v) is 14.7. The molecule has 38 heavy (non-hydrogen) atoms. The molecule has 2 amide bonds. The molecule has 1 aromatic carbocycles. The molecule has 0 radical (unpaired) electrons. The van der Waals surface area contributed by atoms with E-state index in [9.17, 15) is 14.4 Å². The third-order valence-corrected chi connectivity index (χ3v) is 7.80. The molecule has 1 saturated carbocycles. The Hall–Kier alpha value is -2.72. The molecule has 1 unspecified atom stereocenters. The lowest BCUT2D eigenvalue weighted by molar-refractivity contribution is -0.129. The van der Waals surface area contributed by atoms with Crippen LogP contribution >= 0.6 is 11.8 Å². The molecule has 2 aromatic rings. The van der Waals surface area contributed by atoms with E-state index in [1.54, 1.807) is 24.3 Å². The molecule has 0 spiro atoms. The van der Waals surface area contributed by atoms with Gasteiger partial charge in [-0.3, -0.25) is 14.4 Å². The number of thioether (sulfide) groups is 1. The minimum Gasteiger partial charge on any atom is -0.408 e. The number of amides is 2. The second kappa shape index (κ2) is 14.4. The molecule has 1 aromatic heterocycles. The minimum atomic E-state index is -1.07. The Balaban J connectivity index is 1.72. The zero-order valence-electron chi connectivity index (χ0n) is 23.0. The number of ketones is 1. The molecule has 1 aliphatic rings. The molecule has 3 rings (SSSR count). The van der Waals surface area contributed by atoms with Gasteiger partial charge in [-0.2, -0.15) is 0 Å². The number of aromatic nitrogens is 2. The minimum absolute atomic E-state index is 0.104. The lowest BCUT2D eigenvalue weighted by Crippen LogP contribution is -2.62. The van der Waals surface area contributed by atoms with Gasteiger partial charge in [-0.15, -0.1) is 10.2 Å². The lowest BCUT2D eigenvalue weighted by atomic mass is 9.80. The van der Waals surface area contributed by atoms with Gasteiger partial charge in [0.15, 0.2) is 0 Å². The van der Waals surface area contributed by atoms with Gasteiger partial charge in [0.05, 0.1) is 6.04 Å². The zero-order valence-corrected chi connectivity index (χ0v) is 23.8. The third kappa shape index (κ3) is 8.14. The van der Waals surface area contributed by atoms with Crippen LogP contribution in [0.3, 0.4) is 0 Å². The molecule has 10 heteroatoms. The summed E-state index contributed by atoms with van der Waals surface area (Å²) in [5, 5.41) is 14.3. The summed E-state index contributed by atoms with van der Waals surface area (Å²) in [6.45, 7) is 11.0. The molecule has 9 nitrogen and oxygen atoms in total. The number of nitrogens with zero attached hydrogens (tertiary/aromatic N) is 3. The van der Waals surface area contributed by atoms with Crippen molar-refractivity contribution >= 4 is 29.4 Å². The quantitative estimate of drug-likeness (QED) is 0.267. The van der Waals surface area contributed by atoms with Crippen LogP contribution in [0.25, 0.3) is 0 Å². The van der Waals surface area contributed by atoms with Gasteiger partial charge < -0.3 is 20.0 Å². The number of nitrogens with one attached hydrogen (secondary N) is 2.